The van der Waals surface area contributed by atoms with Gasteiger partial charge in [-0.05, 0) is 39.0 Å². The standard InChI is InChI=1S/C11H24N2S/c1-4-6-13(10(2)3)11(8-12)5-7-14-9-11/h10H,4-9,12H2,1-3H3. The Balaban J connectivity index is 2.71. The Hall–Kier alpha value is 0.270. The van der Waals surface area contributed by atoms with Crippen molar-refractivity contribution in [3.05, 3.63) is 0 Å². The average Bonchev–Trinajstić information content (AvgIpc) is 2.63. The zero-order chi connectivity index (χ0) is 10.6. The molecule has 0 amide bonds. The van der Waals surface area contributed by atoms with Crippen LogP contribution in [-0.4, -0.2) is 41.1 Å². The smallest absolute Gasteiger partial charge is 0.0432 e. The minimum atomic E-state index is 0.300. The van der Waals surface area contributed by atoms with Crippen LogP contribution in [0.15, 0.2) is 0 Å². The minimum absolute atomic E-state index is 0.300. The lowest BCUT2D eigenvalue weighted by molar-refractivity contribution is 0.0817. The van der Waals surface area contributed by atoms with Crippen LogP contribution in [0.4, 0.5) is 0 Å². The van der Waals surface area contributed by atoms with E-state index in [9.17, 15) is 0 Å². The normalized spacial score (nSPS) is 27.9. The lowest BCUT2D eigenvalue weighted by Gasteiger charge is -2.43. The summed E-state index contributed by atoms with van der Waals surface area (Å²) in [6.45, 7) is 8.83. The Morgan fingerprint density at radius 1 is 1.50 bits per heavy atom. The first-order valence-corrected chi connectivity index (χ1v) is 6.86. The van der Waals surface area contributed by atoms with E-state index < -0.39 is 0 Å². The maximum Gasteiger partial charge on any atom is 0.0432 e. The molecule has 0 saturated carbocycles. The zero-order valence-corrected chi connectivity index (χ0v) is 10.6. The van der Waals surface area contributed by atoms with E-state index in [1.54, 1.807) is 0 Å². The van der Waals surface area contributed by atoms with E-state index in [0.717, 1.165) is 6.54 Å². The van der Waals surface area contributed by atoms with Gasteiger partial charge in [-0.2, -0.15) is 11.8 Å². The van der Waals surface area contributed by atoms with Gasteiger partial charge in [-0.15, -0.1) is 0 Å². The fourth-order valence-electron chi connectivity index (χ4n) is 2.39. The molecule has 1 heterocycles. The molecule has 0 aromatic heterocycles. The van der Waals surface area contributed by atoms with Gasteiger partial charge >= 0.3 is 0 Å². The van der Waals surface area contributed by atoms with Crippen molar-refractivity contribution in [1.29, 1.82) is 0 Å². The summed E-state index contributed by atoms with van der Waals surface area (Å²) in [5.74, 6) is 2.51. The third-order valence-electron chi connectivity index (χ3n) is 3.16. The zero-order valence-electron chi connectivity index (χ0n) is 9.75. The first-order chi connectivity index (χ1) is 6.66. The highest BCUT2D eigenvalue weighted by atomic mass is 32.2. The number of hydrogen-bond acceptors (Lipinski definition) is 3. The fraction of sp³-hybridized carbons (Fsp3) is 1.00. The molecule has 0 spiro atoms. The lowest BCUT2D eigenvalue weighted by atomic mass is 9.94. The van der Waals surface area contributed by atoms with Crippen molar-refractivity contribution >= 4 is 11.8 Å². The molecular weight excluding hydrogens is 192 g/mol. The molecule has 3 heteroatoms. The van der Waals surface area contributed by atoms with E-state index in [0.29, 0.717) is 11.6 Å². The molecule has 2 nitrogen and oxygen atoms in total. The van der Waals surface area contributed by atoms with Crippen molar-refractivity contribution in [2.24, 2.45) is 5.73 Å². The maximum absolute atomic E-state index is 5.98. The largest absolute Gasteiger partial charge is 0.329 e. The van der Waals surface area contributed by atoms with E-state index in [1.807, 2.05) is 0 Å². The molecular formula is C11H24N2S. The molecule has 14 heavy (non-hydrogen) atoms. The lowest BCUT2D eigenvalue weighted by Crippen LogP contribution is -2.57. The summed E-state index contributed by atoms with van der Waals surface area (Å²) < 4.78 is 0. The first kappa shape index (κ1) is 12.3. The van der Waals surface area contributed by atoms with Gasteiger partial charge in [0.05, 0.1) is 0 Å². The summed E-state index contributed by atoms with van der Waals surface area (Å²) >= 11 is 2.06. The van der Waals surface area contributed by atoms with Crippen LogP contribution in [0.25, 0.3) is 0 Å². The molecule has 1 atom stereocenters. The number of nitrogens with two attached hydrogens (primary N) is 1. The fourth-order valence-corrected chi connectivity index (χ4v) is 3.86. The maximum atomic E-state index is 5.98. The Kier molecular flexibility index (Phi) is 4.74. The Morgan fingerprint density at radius 2 is 2.21 bits per heavy atom. The van der Waals surface area contributed by atoms with Gasteiger partial charge in [0.25, 0.3) is 0 Å². The van der Waals surface area contributed by atoms with Gasteiger partial charge in [-0.1, -0.05) is 6.92 Å². The van der Waals surface area contributed by atoms with Crippen LogP contribution in [0.5, 0.6) is 0 Å². The number of nitrogens with zero attached hydrogens (tertiary/aromatic N) is 1. The Morgan fingerprint density at radius 3 is 2.57 bits per heavy atom. The highest BCUT2D eigenvalue weighted by Crippen LogP contribution is 2.34. The van der Waals surface area contributed by atoms with Crippen molar-refractivity contribution in [3.63, 3.8) is 0 Å². The molecule has 1 aliphatic rings. The summed E-state index contributed by atoms with van der Waals surface area (Å²) in [7, 11) is 0. The van der Waals surface area contributed by atoms with Crippen LogP contribution in [0, 0.1) is 0 Å². The summed E-state index contributed by atoms with van der Waals surface area (Å²) in [6.07, 6.45) is 2.50. The average molecular weight is 216 g/mol. The van der Waals surface area contributed by atoms with E-state index in [-0.39, 0.29) is 0 Å². The molecule has 0 bridgehead atoms. The highest BCUT2D eigenvalue weighted by molar-refractivity contribution is 7.99. The van der Waals surface area contributed by atoms with Crippen LogP contribution in [0.1, 0.15) is 33.6 Å². The van der Waals surface area contributed by atoms with Crippen molar-refractivity contribution in [3.8, 4) is 0 Å². The molecule has 2 N–H and O–H groups in total. The minimum Gasteiger partial charge on any atom is -0.329 e. The molecule has 1 fully saturated rings. The van der Waals surface area contributed by atoms with Gasteiger partial charge in [0, 0.05) is 23.9 Å². The summed E-state index contributed by atoms with van der Waals surface area (Å²) in [5, 5.41) is 0. The molecule has 0 aromatic rings. The van der Waals surface area contributed by atoms with Gasteiger partial charge in [0.1, 0.15) is 0 Å². The van der Waals surface area contributed by atoms with Crippen LogP contribution in [0.3, 0.4) is 0 Å². The van der Waals surface area contributed by atoms with Gasteiger partial charge in [0.15, 0.2) is 0 Å². The Bertz CT molecular complexity index is 165. The van der Waals surface area contributed by atoms with Crippen LogP contribution in [0.2, 0.25) is 0 Å². The van der Waals surface area contributed by atoms with Crippen LogP contribution >= 0.6 is 11.8 Å². The summed E-state index contributed by atoms with van der Waals surface area (Å²) in [6, 6.07) is 0.622. The van der Waals surface area contributed by atoms with Crippen molar-refractivity contribution < 1.29 is 0 Å². The predicted molar refractivity (Wildman–Crippen MR) is 65.9 cm³/mol. The van der Waals surface area contributed by atoms with Crippen LogP contribution < -0.4 is 5.73 Å². The number of rotatable bonds is 5. The van der Waals surface area contributed by atoms with Gasteiger partial charge in [-0.25, -0.2) is 0 Å². The molecule has 1 unspecified atom stereocenters. The van der Waals surface area contributed by atoms with E-state index >= 15 is 0 Å². The second-order valence-corrected chi connectivity index (χ2v) is 5.62. The second-order valence-electron chi connectivity index (χ2n) is 4.52. The molecule has 1 rings (SSSR count). The third kappa shape index (κ3) is 2.44. The molecule has 84 valence electrons. The molecule has 0 aliphatic carbocycles. The van der Waals surface area contributed by atoms with Crippen molar-refractivity contribution in [2.45, 2.75) is 45.2 Å². The van der Waals surface area contributed by atoms with Gasteiger partial charge < -0.3 is 5.73 Å². The molecule has 1 aliphatic heterocycles. The summed E-state index contributed by atoms with van der Waals surface area (Å²) in [4.78, 5) is 2.62. The number of thioether (sulfide) groups is 1. The highest BCUT2D eigenvalue weighted by Gasteiger charge is 2.39. The molecule has 1 saturated heterocycles. The number of hydrogen-bond donors (Lipinski definition) is 1. The van der Waals surface area contributed by atoms with Crippen LogP contribution in [-0.2, 0) is 0 Å². The van der Waals surface area contributed by atoms with Crippen molar-refractivity contribution in [1.82, 2.24) is 4.90 Å². The predicted octanol–water partition coefficient (Wildman–Crippen LogP) is 1.94. The van der Waals surface area contributed by atoms with E-state index in [4.69, 9.17) is 5.73 Å². The molecule has 0 aromatic carbocycles. The first-order valence-electron chi connectivity index (χ1n) is 5.71. The third-order valence-corrected chi connectivity index (χ3v) is 4.39. The Labute approximate surface area is 92.6 Å². The topological polar surface area (TPSA) is 29.3 Å². The van der Waals surface area contributed by atoms with Gasteiger partial charge in [0.2, 0.25) is 0 Å². The quantitative estimate of drug-likeness (QED) is 0.761. The van der Waals surface area contributed by atoms with E-state index in [1.165, 1.54) is 30.9 Å². The second kappa shape index (κ2) is 5.38. The summed E-state index contributed by atoms with van der Waals surface area (Å²) in [5.41, 5.74) is 6.28. The van der Waals surface area contributed by atoms with E-state index in [2.05, 4.69) is 37.4 Å². The SMILES string of the molecule is CCCN(C(C)C)C1(CN)CCSC1. The monoisotopic (exact) mass is 216 g/mol. The van der Waals surface area contributed by atoms with Crippen molar-refractivity contribution in [2.75, 3.05) is 24.6 Å². The molecule has 0 radical (unpaired) electrons. The van der Waals surface area contributed by atoms with Gasteiger partial charge in [-0.3, -0.25) is 4.90 Å².